The zero-order chi connectivity index (χ0) is 19.4. The maximum Gasteiger partial charge on any atom is 0.238 e. The summed E-state index contributed by atoms with van der Waals surface area (Å²) in [4.78, 5) is 4.85. The molecule has 1 fully saturated rings. The second-order valence-electron chi connectivity index (χ2n) is 6.94. The number of aryl methyl sites for hydroxylation is 1. The van der Waals surface area contributed by atoms with Crippen LogP contribution in [0, 0.1) is 13.8 Å². The smallest absolute Gasteiger partial charge is 0.238 e. The van der Waals surface area contributed by atoms with E-state index in [0.29, 0.717) is 18.4 Å². The number of sulfonamides is 1. The van der Waals surface area contributed by atoms with Crippen LogP contribution in [0.5, 0.6) is 5.75 Å². The molecule has 0 spiro atoms. The Morgan fingerprint density at radius 3 is 2.48 bits per heavy atom. The fourth-order valence-corrected chi connectivity index (χ4v) is 4.98. The predicted octanol–water partition coefficient (Wildman–Crippen LogP) is 3.82. The van der Waals surface area contributed by atoms with Crippen LogP contribution in [0.15, 0.2) is 34.3 Å². The Morgan fingerprint density at radius 1 is 1.19 bits per heavy atom. The third-order valence-electron chi connectivity index (χ3n) is 5.03. The molecular weight excluding hydrogens is 382 g/mol. The normalized spacial score (nSPS) is 15.8. The van der Waals surface area contributed by atoms with Crippen molar-refractivity contribution in [2.45, 2.75) is 62.0 Å². The van der Waals surface area contributed by atoms with E-state index in [9.17, 15) is 8.42 Å². The molecule has 1 heterocycles. The van der Waals surface area contributed by atoms with Crippen molar-refractivity contribution in [2.24, 2.45) is 5.14 Å². The molecule has 0 radical (unpaired) electrons. The third kappa shape index (κ3) is 5.06. The van der Waals surface area contributed by atoms with Crippen LogP contribution in [0.25, 0.3) is 0 Å². The van der Waals surface area contributed by atoms with E-state index in [1.54, 1.807) is 23.9 Å². The van der Waals surface area contributed by atoms with Crippen molar-refractivity contribution in [3.8, 4) is 5.75 Å². The predicted molar refractivity (Wildman–Crippen MR) is 108 cm³/mol. The van der Waals surface area contributed by atoms with E-state index in [1.807, 2.05) is 0 Å². The lowest BCUT2D eigenvalue weighted by Crippen LogP contribution is -2.15. The maximum atomic E-state index is 11.3. The van der Waals surface area contributed by atoms with Gasteiger partial charge in [-0.2, -0.15) is 0 Å². The molecule has 0 saturated heterocycles. The summed E-state index contributed by atoms with van der Waals surface area (Å²) in [5.74, 6) is 1.41. The summed E-state index contributed by atoms with van der Waals surface area (Å²) in [6.45, 7) is 4.75. The summed E-state index contributed by atoms with van der Waals surface area (Å²) in [6.07, 6.45) is 6.39. The number of hydrogen-bond donors (Lipinski definition) is 1. The number of aromatic nitrogens is 2. The molecule has 1 aromatic carbocycles. The Labute approximate surface area is 165 Å². The van der Waals surface area contributed by atoms with Crippen molar-refractivity contribution < 1.29 is 13.2 Å². The van der Waals surface area contributed by atoms with E-state index < -0.39 is 10.0 Å². The van der Waals surface area contributed by atoms with Gasteiger partial charge in [0.2, 0.25) is 10.0 Å². The van der Waals surface area contributed by atoms with Gasteiger partial charge in [-0.05, 0) is 51.0 Å². The lowest BCUT2D eigenvalue weighted by molar-refractivity contribution is 0.331. The first-order valence-electron chi connectivity index (χ1n) is 9.30. The monoisotopic (exact) mass is 409 g/mol. The fraction of sp³-hybridized carbons (Fsp3) is 0.526. The molecule has 0 aliphatic heterocycles. The van der Waals surface area contributed by atoms with E-state index in [1.165, 1.54) is 49.9 Å². The van der Waals surface area contributed by atoms with Crippen LogP contribution in [0.1, 0.15) is 49.5 Å². The van der Waals surface area contributed by atoms with Gasteiger partial charge in [0.15, 0.2) is 5.16 Å². The Morgan fingerprint density at radius 2 is 1.85 bits per heavy atom. The van der Waals surface area contributed by atoms with Crippen molar-refractivity contribution in [3.63, 3.8) is 0 Å². The summed E-state index contributed by atoms with van der Waals surface area (Å²) in [5, 5.41) is 6.18. The second-order valence-corrected chi connectivity index (χ2v) is 9.56. The van der Waals surface area contributed by atoms with Gasteiger partial charge in [0.25, 0.3) is 0 Å². The minimum atomic E-state index is -3.67. The van der Waals surface area contributed by atoms with Crippen molar-refractivity contribution in [3.05, 3.63) is 35.7 Å². The molecule has 27 heavy (non-hydrogen) atoms. The van der Waals surface area contributed by atoms with Gasteiger partial charge in [0.05, 0.1) is 17.2 Å². The lowest BCUT2D eigenvalue weighted by atomic mass is 9.95. The number of nitrogens with two attached hydrogens (primary N) is 1. The van der Waals surface area contributed by atoms with Gasteiger partial charge in [0, 0.05) is 17.5 Å². The molecule has 1 aliphatic rings. The molecule has 2 N–H and O–H groups in total. The average Bonchev–Trinajstić information content (AvgIpc) is 2.93. The topological polar surface area (TPSA) is 87.2 Å². The number of nitrogens with zero attached hydrogens (tertiary/aromatic N) is 2. The van der Waals surface area contributed by atoms with Crippen LogP contribution in [-0.2, 0) is 10.0 Å². The number of primary sulfonamides is 1. The van der Waals surface area contributed by atoms with Gasteiger partial charge in [-0.1, -0.05) is 31.0 Å². The van der Waals surface area contributed by atoms with E-state index in [2.05, 4.69) is 18.4 Å². The summed E-state index contributed by atoms with van der Waals surface area (Å²) in [7, 11) is -3.67. The highest BCUT2D eigenvalue weighted by molar-refractivity contribution is 7.99. The zero-order valence-corrected chi connectivity index (χ0v) is 17.5. The first-order chi connectivity index (χ1) is 12.9. The maximum absolute atomic E-state index is 11.3. The number of hydrogen-bond acceptors (Lipinski definition) is 5. The van der Waals surface area contributed by atoms with Crippen LogP contribution >= 0.6 is 11.8 Å². The van der Waals surface area contributed by atoms with Crippen LogP contribution < -0.4 is 9.88 Å². The minimum Gasteiger partial charge on any atom is -0.493 e. The van der Waals surface area contributed by atoms with E-state index in [4.69, 9.17) is 14.9 Å². The van der Waals surface area contributed by atoms with Gasteiger partial charge in [0.1, 0.15) is 5.75 Å². The molecule has 0 amide bonds. The fourth-order valence-electron chi connectivity index (χ4n) is 3.49. The highest BCUT2D eigenvalue weighted by Crippen LogP contribution is 2.34. The molecule has 6 nitrogen and oxygen atoms in total. The standard InChI is InChI=1S/C19H27N3O3S2/c1-14-15(2)22(16-6-4-3-5-7-16)19(21-14)26-13-12-25-17-8-10-18(11-9-17)27(20,23)24/h8-11,16H,3-7,12-13H2,1-2H3,(H2,20,23,24). The summed E-state index contributed by atoms with van der Waals surface area (Å²) in [6, 6.07) is 6.73. The molecule has 148 valence electrons. The molecule has 0 unspecified atom stereocenters. The summed E-state index contributed by atoms with van der Waals surface area (Å²) < 4.78 is 30.7. The van der Waals surface area contributed by atoms with E-state index in [-0.39, 0.29) is 4.90 Å². The van der Waals surface area contributed by atoms with Crippen LogP contribution in [0.4, 0.5) is 0 Å². The zero-order valence-electron chi connectivity index (χ0n) is 15.8. The highest BCUT2D eigenvalue weighted by Gasteiger charge is 2.21. The molecule has 3 rings (SSSR count). The first kappa shape index (κ1) is 20.2. The molecular formula is C19H27N3O3S2. The molecule has 0 bridgehead atoms. The molecule has 0 atom stereocenters. The molecule has 1 saturated carbocycles. The average molecular weight is 410 g/mol. The van der Waals surface area contributed by atoms with Crippen molar-refractivity contribution in [1.82, 2.24) is 9.55 Å². The van der Waals surface area contributed by atoms with Gasteiger partial charge >= 0.3 is 0 Å². The number of imidazole rings is 1. The molecule has 1 aromatic heterocycles. The molecule has 2 aromatic rings. The highest BCUT2D eigenvalue weighted by atomic mass is 32.2. The van der Waals surface area contributed by atoms with Gasteiger partial charge < -0.3 is 9.30 Å². The number of ether oxygens (including phenoxy) is 1. The van der Waals surface area contributed by atoms with Crippen LogP contribution in [0.2, 0.25) is 0 Å². The Balaban J connectivity index is 1.57. The van der Waals surface area contributed by atoms with Crippen LogP contribution in [-0.4, -0.2) is 30.3 Å². The Hall–Kier alpha value is -1.51. The largest absolute Gasteiger partial charge is 0.493 e. The lowest BCUT2D eigenvalue weighted by Gasteiger charge is -2.26. The Bertz CT molecular complexity index is 870. The van der Waals surface area contributed by atoms with Gasteiger partial charge in [-0.25, -0.2) is 18.5 Å². The first-order valence-corrected chi connectivity index (χ1v) is 11.8. The van der Waals surface area contributed by atoms with Gasteiger partial charge in [-0.3, -0.25) is 0 Å². The van der Waals surface area contributed by atoms with E-state index >= 15 is 0 Å². The van der Waals surface area contributed by atoms with Crippen LogP contribution in [0.3, 0.4) is 0 Å². The SMILES string of the molecule is Cc1nc(SCCOc2ccc(S(N)(=O)=O)cc2)n(C2CCCCC2)c1C. The van der Waals surface area contributed by atoms with Crippen molar-refractivity contribution >= 4 is 21.8 Å². The van der Waals surface area contributed by atoms with E-state index in [0.717, 1.165) is 16.6 Å². The minimum absolute atomic E-state index is 0.0877. The van der Waals surface area contributed by atoms with Crippen molar-refractivity contribution in [2.75, 3.05) is 12.4 Å². The number of benzene rings is 1. The summed E-state index contributed by atoms with van der Waals surface area (Å²) in [5.41, 5.74) is 2.37. The number of thioether (sulfide) groups is 1. The quantitative estimate of drug-likeness (QED) is 0.555. The number of rotatable bonds is 7. The molecule has 8 heteroatoms. The Kier molecular flexibility index (Phi) is 6.49. The van der Waals surface area contributed by atoms with Gasteiger partial charge in [-0.15, -0.1) is 0 Å². The summed E-state index contributed by atoms with van der Waals surface area (Å²) >= 11 is 1.71. The van der Waals surface area contributed by atoms with Crippen molar-refractivity contribution in [1.29, 1.82) is 0 Å². The second kappa shape index (κ2) is 8.67. The third-order valence-corrected chi connectivity index (χ3v) is 6.88. The molecule has 1 aliphatic carbocycles.